The summed E-state index contributed by atoms with van der Waals surface area (Å²) in [5.41, 5.74) is 7.21. The summed E-state index contributed by atoms with van der Waals surface area (Å²) >= 11 is 0. The Kier molecular flexibility index (Phi) is 4.19. The first-order chi connectivity index (χ1) is 11.7. The lowest BCUT2D eigenvalue weighted by atomic mass is 10.2. The van der Waals surface area contributed by atoms with Gasteiger partial charge in [-0.15, -0.1) is 10.2 Å². The fourth-order valence-corrected chi connectivity index (χ4v) is 2.39. The van der Waals surface area contributed by atoms with Crippen molar-refractivity contribution in [3.05, 3.63) is 36.4 Å². The molecule has 0 spiro atoms. The second-order valence-electron chi connectivity index (χ2n) is 4.79. The molecule has 3 aromatic rings. The number of para-hydroxylation sites is 1. The van der Waals surface area contributed by atoms with Crippen LogP contribution < -0.4 is 19.9 Å². The average Bonchev–Trinajstić information content (AvgIpc) is 3.02. The van der Waals surface area contributed by atoms with Crippen molar-refractivity contribution in [2.75, 3.05) is 27.1 Å². The number of ether oxygens (including phenoxy) is 3. The van der Waals surface area contributed by atoms with Gasteiger partial charge in [0.2, 0.25) is 11.8 Å². The van der Waals surface area contributed by atoms with Gasteiger partial charge < -0.3 is 19.9 Å². The van der Waals surface area contributed by atoms with E-state index in [4.69, 9.17) is 19.9 Å². The molecule has 124 valence electrons. The maximum absolute atomic E-state index is 6.05. The predicted octanol–water partition coefficient (Wildman–Crippen LogP) is 1.94. The van der Waals surface area contributed by atoms with Gasteiger partial charge in [0, 0.05) is 6.07 Å². The smallest absolute Gasteiger partial charge is 0.227 e. The Hall–Kier alpha value is -3.29. The second kappa shape index (κ2) is 6.45. The molecule has 0 radical (unpaired) electrons. The molecule has 0 saturated heterocycles. The first kappa shape index (κ1) is 15.6. The SMILES string of the molecule is COc1cccc(-c2nnc(N)n2-c2c(OC)cccc2OC)n1. The topological polar surface area (TPSA) is 97.3 Å². The van der Waals surface area contributed by atoms with Gasteiger partial charge in [-0.1, -0.05) is 12.1 Å². The van der Waals surface area contributed by atoms with Crippen molar-refractivity contribution in [3.63, 3.8) is 0 Å². The molecule has 0 aliphatic carbocycles. The maximum Gasteiger partial charge on any atom is 0.227 e. The van der Waals surface area contributed by atoms with Gasteiger partial charge in [-0.05, 0) is 18.2 Å². The third kappa shape index (κ3) is 2.58. The van der Waals surface area contributed by atoms with Crippen LogP contribution in [0.2, 0.25) is 0 Å². The lowest BCUT2D eigenvalue weighted by molar-refractivity contribution is 0.391. The molecule has 0 bridgehead atoms. The Balaban J connectivity index is 2.26. The summed E-state index contributed by atoms with van der Waals surface area (Å²) in [6.45, 7) is 0. The molecular formula is C16H17N5O3. The van der Waals surface area contributed by atoms with Crippen LogP contribution in [0.3, 0.4) is 0 Å². The van der Waals surface area contributed by atoms with E-state index in [2.05, 4.69) is 15.2 Å². The highest BCUT2D eigenvalue weighted by Crippen LogP contribution is 2.36. The number of nitrogen functional groups attached to an aromatic ring is 1. The number of rotatable bonds is 5. The molecule has 2 heterocycles. The zero-order valence-electron chi connectivity index (χ0n) is 13.6. The number of benzene rings is 1. The van der Waals surface area contributed by atoms with Crippen LogP contribution in [-0.2, 0) is 0 Å². The van der Waals surface area contributed by atoms with Crippen molar-refractivity contribution in [1.82, 2.24) is 19.7 Å². The van der Waals surface area contributed by atoms with E-state index >= 15 is 0 Å². The Morgan fingerprint density at radius 1 is 0.875 bits per heavy atom. The molecule has 0 saturated carbocycles. The van der Waals surface area contributed by atoms with Crippen molar-refractivity contribution in [2.24, 2.45) is 0 Å². The summed E-state index contributed by atoms with van der Waals surface area (Å²) in [5, 5.41) is 8.12. The summed E-state index contributed by atoms with van der Waals surface area (Å²) in [6.07, 6.45) is 0. The van der Waals surface area contributed by atoms with Gasteiger partial charge in [0.15, 0.2) is 5.82 Å². The highest BCUT2D eigenvalue weighted by molar-refractivity contribution is 5.66. The van der Waals surface area contributed by atoms with Gasteiger partial charge in [-0.25, -0.2) is 4.98 Å². The fourth-order valence-electron chi connectivity index (χ4n) is 2.39. The first-order valence-corrected chi connectivity index (χ1v) is 7.13. The zero-order chi connectivity index (χ0) is 17.1. The predicted molar refractivity (Wildman–Crippen MR) is 88.7 cm³/mol. The number of aromatic nitrogens is 4. The highest BCUT2D eigenvalue weighted by atomic mass is 16.5. The van der Waals surface area contributed by atoms with E-state index in [1.54, 1.807) is 50.2 Å². The first-order valence-electron chi connectivity index (χ1n) is 7.13. The summed E-state index contributed by atoms with van der Waals surface area (Å²) in [5.74, 6) is 2.26. The minimum atomic E-state index is 0.192. The quantitative estimate of drug-likeness (QED) is 0.764. The van der Waals surface area contributed by atoms with Crippen LogP contribution in [0, 0.1) is 0 Å². The van der Waals surface area contributed by atoms with Crippen molar-refractivity contribution in [1.29, 1.82) is 0 Å². The number of nitrogens with zero attached hydrogens (tertiary/aromatic N) is 4. The average molecular weight is 327 g/mol. The van der Waals surface area contributed by atoms with E-state index < -0.39 is 0 Å². The van der Waals surface area contributed by atoms with E-state index in [9.17, 15) is 0 Å². The van der Waals surface area contributed by atoms with E-state index in [1.807, 2.05) is 12.1 Å². The fraction of sp³-hybridized carbons (Fsp3) is 0.188. The normalized spacial score (nSPS) is 10.5. The third-order valence-electron chi connectivity index (χ3n) is 3.48. The molecule has 2 aromatic heterocycles. The molecule has 1 aromatic carbocycles. The molecule has 0 atom stereocenters. The number of methoxy groups -OCH3 is 3. The Morgan fingerprint density at radius 2 is 1.54 bits per heavy atom. The molecule has 8 nitrogen and oxygen atoms in total. The van der Waals surface area contributed by atoms with E-state index in [0.717, 1.165) is 0 Å². The van der Waals surface area contributed by atoms with Gasteiger partial charge >= 0.3 is 0 Å². The summed E-state index contributed by atoms with van der Waals surface area (Å²) in [7, 11) is 4.69. The van der Waals surface area contributed by atoms with Gasteiger partial charge in [0.25, 0.3) is 0 Å². The minimum Gasteiger partial charge on any atom is -0.494 e. The van der Waals surface area contributed by atoms with Gasteiger partial charge in [0.05, 0.1) is 21.3 Å². The van der Waals surface area contributed by atoms with Crippen LogP contribution in [0.1, 0.15) is 0 Å². The molecule has 0 aliphatic heterocycles. The summed E-state index contributed by atoms with van der Waals surface area (Å²) in [4.78, 5) is 4.39. The van der Waals surface area contributed by atoms with Crippen LogP contribution >= 0.6 is 0 Å². The number of hydrogen-bond acceptors (Lipinski definition) is 7. The van der Waals surface area contributed by atoms with Crippen LogP contribution in [0.25, 0.3) is 17.2 Å². The zero-order valence-corrected chi connectivity index (χ0v) is 13.6. The van der Waals surface area contributed by atoms with Crippen molar-refractivity contribution < 1.29 is 14.2 Å². The third-order valence-corrected chi connectivity index (χ3v) is 3.48. The monoisotopic (exact) mass is 327 g/mol. The van der Waals surface area contributed by atoms with Crippen molar-refractivity contribution >= 4 is 5.95 Å². The van der Waals surface area contributed by atoms with Crippen molar-refractivity contribution in [3.8, 4) is 34.6 Å². The number of hydrogen-bond donors (Lipinski definition) is 1. The lowest BCUT2D eigenvalue weighted by Gasteiger charge is -2.15. The summed E-state index contributed by atoms with van der Waals surface area (Å²) in [6, 6.07) is 10.8. The van der Waals surface area contributed by atoms with E-state index in [0.29, 0.717) is 34.6 Å². The van der Waals surface area contributed by atoms with Crippen LogP contribution in [0.4, 0.5) is 5.95 Å². The van der Waals surface area contributed by atoms with Crippen LogP contribution in [-0.4, -0.2) is 41.1 Å². The molecule has 8 heteroatoms. The number of pyridine rings is 1. The number of anilines is 1. The molecule has 0 unspecified atom stereocenters. The molecule has 0 aliphatic rings. The van der Waals surface area contributed by atoms with Crippen LogP contribution in [0.15, 0.2) is 36.4 Å². The standard InChI is InChI=1S/C16H17N5O3/c1-22-11-7-5-8-12(23-2)14(11)21-15(19-20-16(21)17)10-6-4-9-13(18-10)24-3/h4-9H,1-3H3,(H2,17,20). The van der Waals surface area contributed by atoms with Crippen LogP contribution in [0.5, 0.6) is 17.4 Å². The minimum absolute atomic E-state index is 0.192. The largest absolute Gasteiger partial charge is 0.494 e. The van der Waals surface area contributed by atoms with Gasteiger partial charge in [-0.2, -0.15) is 0 Å². The van der Waals surface area contributed by atoms with Crippen molar-refractivity contribution in [2.45, 2.75) is 0 Å². The number of nitrogens with two attached hydrogens (primary N) is 1. The van der Waals surface area contributed by atoms with E-state index in [-0.39, 0.29) is 5.95 Å². The highest BCUT2D eigenvalue weighted by Gasteiger charge is 2.21. The molecule has 2 N–H and O–H groups in total. The van der Waals surface area contributed by atoms with Gasteiger partial charge in [-0.3, -0.25) is 4.57 Å². The Labute approximate surface area is 138 Å². The maximum atomic E-state index is 6.05. The second-order valence-corrected chi connectivity index (χ2v) is 4.79. The Morgan fingerprint density at radius 3 is 2.17 bits per heavy atom. The summed E-state index contributed by atoms with van der Waals surface area (Å²) < 4.78 is 17.7. The molecule has 24 heavy (non-hydrogen) atoms. The Bertz CT molecular complexity index is 840. The lowest BCUT2D eigenvalue weighted by Crippen LogP contribution is -2.07. The van der Waals surface area contributed by atoms with Gasteiger partial charge in [0.1, 0.15) is 22.9 Å². The molecule has 0 amide bonds. The molecular weight excluding hydrogens is 310 g/mol. The molecule has 0 fully saturated rings. The molecule has 3 rings (SSSR count). The van der Waals surface area contributed by atoms with E-state index in [1.165, 1.54) is 0 Å².